The summed E-state index contributed by atoms with van der Waals surface area (Å²) < 4.78 is 0. The minimum Gasteiger partial charge on any atom is -0.508 e. The van der Waals surface area contributed by atoms with Gasteiger partial charge in [0.2, 0.25) is 5.91 Å². The van der Waals surface area contributed by atoms with Gasteiger partial charge < -0.3 is 15.3 Å². The highest BCUT2D eigenvalue weighted by Gasteiger charge is 2.27. The van der Waals surface area contributed by atoms with Gasteiger partial charge in [-0.3, -0.25) is 9.79 Å². The molecule has 110 valence electrons. The number of rotatable bonds is 5. The number of amides is 1. The molecule has 2 aliphatic heterocycles. The molecule has 1 aromatic rings. The van der Waals surface area contributed by atoms with E-state index in [0.717, 1.165) is 35.9 Å². The van der Waals surface area contributed by atoms with Crippen LogP contribution in [0, 0.1) is 0 Å². The van der Waals surface area contributed by atoms with Crippen LogP contribution in [0.4, 0.5) is 0 Å². The highest BCUT2D eigenvalue weighted by Crippen LogP contribution is 2.30. The predicted molar refractivity (Wildman–Crippen MR) is 84.1 cm³/mol. The molecular formula is C15H17N3O2S. The average Bonchev–Trinajstić information content (AvgIpc) is 3.06. The quantitative estimate of drug-likeness (QED) is 0.869. The molecule has 5 nitrogen and oxygen atoms in total. The molecule has 0 radical (unpaired) electrons. The summed E-state index contributed by atoms with van der Waals surface area (Å²) in [5, 5.41) is 15.2. The minimum atomic E-state index is 0.0359. The fourth-order valence-electron chi connectivity index (χ4n) is 2.35. The van der Waals surface area contributed by atoms with Crippen molar-refractivity contribution in [3.05, 3.63) is 40.9 Å². The molecule has 2 N–H and O–H groups in total. The summed E-state index contributed by atoms with van der Waals surface area (Å²) in [7, 11) is 0. The third-order valence-electron chi connectivity index (χ3n) is 3.46. The number of nitrogens with one attached hydrogen (secondary N) is 1. The number of hydrogen-bond acceptors (Lipinski definition) is 5. The Balaban J connectivity index is 1.43. The number of aromatic hydroxyl groups is 1. The second-order valence-corrected chi connectivity index (χ2v) is 5.82. The number of amidine groups is 1. The molecule has 0 saturated carbocycles. The summed E-state index contributed by atoms with van der Waals surface area (Å²) in [5.74, 6) is 0.297. The number of phenols is 1. The molecule has 6 heteroatoms. The second-order valence-electron chi connectivity index (χ2n) is 4.99. The fourth-order valence-corrected chi connectivity index (χ4v) is 3.30. The molecule has 0 bridgehead atoms. The molecule has 3 rings (SSSR count). The lowest BCUT2D eigenvalue weighted by atomic mass is 10.1. The monoisotopic (exact) mass is 303 g/mol. The van der Waals surface area contributed by atoms with Gasteiger partial charge in [-0.25, -0.2) is 0 Å². The van der Waals surface area contributed by atoms with E-state index in [1.165, 1.54) is 0 Å². The Hall–Kier alpha value is -1.95. The molecule has 0 fully saturated rings. The van der Waals surface area contributed by atoms with Gasteiger partial charge in [-0.15, -0.1) is 0 Å². The maximum atomic E-state index is 12.0. The number of benzene rings is 1. The van der Waals surface area contributed by atoms with Crippen LogP contribution in [0.15, 0.2) is 40.4 Å². The van der Waals surface area contributed by atoms with Crippen LogP contribution in [0.25, 0.3) is 0 Å². The van der Waals surface area contributed by atoms with E-state index in [1.54, 1.807) is 23.9 Å². The summed E-state index contributed by atoms with van der Waals surface area (Å²) in [4.78, 5) is 18.4. The van der Waals surface area contributed by atoms with Crippen LogP contribution >= 0.6 is 11.8 Å². The molecule has 0 aromatic heterocycles. The third-order valence-corrected chi connectivity index (χ3v) is 4.41. The van der Waals surface area contributed by atoms with Gasteiger partial charge in [0.1, 0.15) is 5.75 Å². The molecule has 21 heavy (non-hydrogen) atoms. The fraction of sp³-hybridized carbons (Fsp3) is 0.333. The van der Waals surface area contributed by atoms with Gasteiger partial charge in [0.25, 0.3) is 0 Å². The van der Waals surface area contributed by atoms with E-state index in [-0.39, 0.29) is 11.7 Å². The van der Waals surface area contributed by atoms with E-state index in [2.05, 4.69) is 15.2 Å². The van der Waals surface area contributed by atoms with Crippen LogP contribution < -0.4 is 5.32 Å². The van der Waals surface area contributed by atoms with Gasteiger partial charge in [-0.1, -0.05) is 23.9 Å². The summed E-state index contributed by atoms with van der Waals surface area (Å²) >= 11 is 1.60. The van der Waals surface area contributed by atoms with E-state index in [0.29, 0.717) is 13.0 Å². The van der Waals surface area contributed by atoms with E-state index in [4.69, 9.17) is 0 Å². The lowest BCUT2D eigenvalue weighted by Gasteiger charge is -2.16. The predicted octanol–water partition coefficient (Wildman–Crippen LogP) is 1.70. The van der Waals surface area contributed by atoms with Gasteiger partial charge in [0.05, 0.1) is 13.0 Å². The van der Waals surface area contributed by atoms with Crippen molar-refractivity contribution in [2.24, 2.45) is 4.99 Å². The molecule has 0 unspecified atom stereocenters. The molecule has 2 heterocycles. The van der Waals surface area contributed by atoms with Crippen LogP contribution in [0.5, 0.6) is 5.75 Å². The van der Waals surface area contributed by atoms with E-state index in [1.807, 2.05) is 17.5 Å². The number of hydrogen-bond donors (Lipinski definition) is 2. The van der Waals surface area contributed by atoms with Crippen molar-refractivity contribution in [3.63, 3.8) is 0 Å². The van der Waals surface area contributed by atoms with E-state index >= 15 is 0 Å². The first-order chi connectivity index (χ1) is 10.2. The van der Waals surface area contributed by atoms with Gasteiger partial charge in [0.15, 0.2) is 5.17 Å². The number of nitrogens with zero attached hydrogens (tertiary/aromatic N) is 2. The summed E-state index contributed by atoms with van der Waals surface area (Å²) in [6.07, 6.45) is 1.16. The zero-order chi connectivity index (χ0) is 14.7. The second kappa shape index (κ2) is 6.22. The molecule has 0 saturated heterocycles. The lowest BCUT2D eigenvalue weighted by molar-refractivity contribution is -0.120. The Morgan fingerprint density at radius 1 is 1.38 bits per heavy atom. The van der Waals surface area contributed by atoms with Gasteiger partial charge in [-0.2, -0.15) is 0 Å². The van der Waals surface area contributed by atoms with Crippen molar-refractivity contribution >= 4 is 22.8 Å². The molecule has 1 amide bonds. The van der Waals surface area contributed by atoms with Crippen molar-refractivity contribution in [1.29, 1.82) is 0 Å². The molecule has 0 aliphatic carbocycles. The first kappa shape index (κ1) is 14.0. The average molecular weight is 303 g/mol. The lowest BCUT2D eigenvalue weighted by Crippen LogP contribution is -2.29. The molecular weight excluding hydrogens is 286 g/mol. The maximum absolute atomic E-state index is 12.0. The van der Waals surface area contributed by atoms with E-state index < -0.39 is 0 Å². The van der Waals surface area contributed by atoms with Crippen molar-refractivity contribution in [2.75, 3.05) is 19.6 Å². The number of aliphatic imine (C=N–C) groups is 1. The van der Waals surface area contributed by atoms with Crippen molar-refractivity contribution < 1.29 is 9.90 Å². The first-order valence-corrected chi connectivity index (χ1v) is 7.82. The Labute approximate surface area is 127 Å². The van der Waals surface area contributed by atoms with Gasteiger partial charge in [-0.05, 0) is 29.5 Å². The first-order valence-electron chi connectivity index (χ1n) is 6.95. The standard InChI is InChI=1S/C15H17N3O2S/c19-13-3-1-11(2-4-13)5-6-16-14(20)9-12-10-21-15-17-7-8-18(12)15/h1-4,10,19H,5-9H2,(H,16,20). The zero-order valence-corrected chi connectivity index (χ0v) is 12.4. The van der Waals surface area contributed by atoms with Crippen LogP contribution in [0.2, 0.25) is 0 Å². The Bertz CT molecular complexity index is 595. The Morgan fingerprint density at radius 2 is 2.19 bits per heavy atom. The Kier molecular flexibility index (Phi) is 4.15. The number of carbonyl (C=O) groups is 1. The van der Waals surface area contributed by atoms with Crippen LogP contribution in [0.3, 0.4) is 0 Å². The summed E-state index contributed by atoms with van der Waals surface area (Å²) in [6.45, 7) is 2.31. The van der Waals surface area contributed by atoms with Gasteiger partial charge >= 0.3 is 0 Å². The minimum absolute atomic E-state index is 0.0359. The normalized spacial score (nSPS) is 16.5. The number of carbonyl (C=O) groups excluding carboxylic acids is 1. The third kappa shape index (κ3) is 3.39. The van der Waals surface area contributed by atoms with Crippen molar-refractivity contribution in [2.45, 2.75) is 12.8 Å². The smallest absolute Gasteiger partial charge is 0.225 e. The summed E-state index contributed by atoms with van der Waals surface area (Å²) in [6, 6.07) is 7.05. The molecule has 2 aliphatic rings. The molecule has 0 atom stereocenters. The number of thioether (sulfide) groups is 1. The zero-order valence-electron chi connectivity index (χ0n) is 11.6. The van der Waals surface area contributed by atoms with Crippen molar-refractivity contribution in [3.8, 4) is 5.75 Å². The highest BCUT2D eigenvalue weighted by atomic mass is 32.2. The van der Waals surface area contributed by atoms with Crippen molar-refractivity contribution in [1.82, 2.24) is 10.2 Å². The summed E-state index contributed by atoms with van der Waals surface area (Å²) in [5.41, 5.74) is 2.14. The molecule has 1 aromatic carbocycles. The SMILES string of the molecule is O=C(CC1=CSC2=NCCN12)NCCc1ccc(O)cc1. The Morgan fingerprint density at radius 3 is 3.00 bits per heavy atom. The topological polar surface area (TPSA) is 64.9 Å². The van der Waals surface area contributed by atoms with Gasteiger partial charge in [0, 0.05) is 18.8 Å². The van der Waals surface area contributed by atoms with E-state index in [9.17, 15) is 9.90 Å². The molecule has 0 spiro atoms. The number of fused-ring (bicyclic) bond motifs is 1. The van der Waals surface area contributed by atoms with Crippen LogP contribution in [-0.4, -0.2) is 40.7 Å². The highest BCUT2D eigenvalue weighted by molar-refractivity contribution is 8.16. The van der Waals surface area contributed by atoms with Crippen LogP contribution in [0.1, 0.15) is 12.0 Å². The number of phenolic OH excluding ortho intramolecular Hbond substituents is 1. The van der Waals surface area contributed by atoms with Crippen LogP contribution in [-0.2, 0) is 11.2 Å². The maximum Gasteiger partial charge on any atom is 0.225 e. The largest absolute Gasteiger partial charge is 0.508 e.